The molecule has 0 spiro atoms. The SMILES string of the molecule is CCC(NC(=O)C1CCN(S(=O)(=O)Cc2ccccc2Cl)CC1)c1ccc(C)cc1. The van der Waals surface area contributed by atoms with Crippen LogP contribution in [0, 0.1) is 12.8 Å². The number of nitrogens with zero attached hydrogens (tertiary/aromatic N) is 1. The average molecular weight is 449 g/mol. The molecule has 7 heteroatoms. The number of piperidine rings is 1. The summed E-state index contributed by atoms with van der Waals surface area (Å²) in [4.78, 5) is 12.8. The molecule has 162 valence electrons. The summed E-state index contributed by atoms with van der Waals surface area (Å²) in [6, 6.07) is 15.2. The zero-order valence-corrected chi connectivity index (χ0v) is 19.0. The zero-order chi connectivity index (χ0) is 21.7. The van der Waals surface area contributed by atoms with Crippen molar-refractivity contribution in [3.63, 3.8) is 0 Å². The van der Waals surface area contributed by atoms with Crippen LogP contribution in [0.15, 0.2) is 48.5 Å². The number of aryl methyl sites for hydroxylation is 1. The molecule has 2 aromatic rings. The van der Waals surface area contributed by atoms with Crippen LogP contribution in [0.3, 0.4) is 0 Å². The zero-order valence-electron chi connectivity index (χ0n) is 17.5. The van der Waals surface area contributed by atoms with E-state index < -0.39 is 10.0 Å². The van der Waals surface area contributed by atoms with Crippen LogP contribution in [0.1, 0.15) is 48.9 Å². The number of nitrogens with one attached hydrogen (secondary N) is 1. The number of hydrogen-bond donors (Lipinski definition) is 1. The molecule has 5 nitrogen and oxygen atoms in total. The lowest BCUT2D eigenvalue weighted by atomic mass is 9.95. The third-order valence-electron chi connectivity index (χ3n) is 5.72. The maximum absolute atomic E-state index is 12.8. The van der Waals surface area contributed by atoms with Gasteiger partial charge in [-0.2, -0.15) is 0 Å². The van der Waals surface area contributed by atoms with Gasteiger partial charge in [0.15, 0.2) is 0 Å². The number of carbonyl (C=O) groups excluding carboxylic acids is 1. The first-order valence-electron chi connectivity index (χ1n) is 10.4. The van der Waals surface area contributed by atoms with E-state index in [-0.39, 0.29) is 23.6 Å². The van der Waals surface area contributed by atoms with Crippen molar-refractivity contribution in [3.05, 3.63) is 70.2 Å². The Morgan fingerprint density at radius 1 is 1.13 bits per heavy atom. The minimum atomic E-state index is -3.47. The molecule has 1 amide bonds. The predicted octanol–water partition coefficient (Wildman–Crippen LogP) is 4.46. The van der Waals surface area contributed by atoms with Gasteiger partial charge in [-0.1, -0.05) is 66.6 Å². The second kappa shape index (κ2) is 9.94. The smallest absolute Gasteiger partial charge is 0.223 e. The van der Waals surface area contributed by atoms with Crippen molar-refractivity contribution in [2.75, 3.05) is 13.1 Å². The Hall–Kier alpha value is -1.89. The molecule has 3 rings (SSSR count). The van der Waals surface area contributed by atoms with Crippen molar-refractivity contribution in [2.24, 2.45) is 5.92 Å². The van der Waals surface area contributed by atoms with Crippen LogP contribution in [0.4, 0.5) is 0 Å². The van der Waals surface area contributed by atoms with Crippen molar-refractivity contribution in [3.8, 4) is 0 Å². The van der Waals surface area contributed by atoms with E-state index in [1.54, 1.807) is 24.3 Å². The van der Waals surface area contributed by atoms with Crippen LogP contribution in [-0.2, 0) is 20.6 Å². The minimum absolute atomic E-state index is 0.00516. The Morgan fingerprint density at radius 2 is 1.77 bits per heavy atom. The molecule has 0 aromatic heterocycles. The van der Waals surface area contributed by atoms with Gasteiger partial charge in [0.2, 0.25) is 15.9 Å². The molecule has 1 aliphatic heterocycles. The number of sulfonamides is 1. The van der Waals surface area contributed by atoms with E-state index in [1.165, 1.54) is 9.87 Å². The van der Waals surface area contributed by atoms with Crippen LogP contribution in [0.25, 0.3) is 0 Å². The first-order chi connectivity index (χ1) is 14.3. The summed E-state index contributed by atoms with van der Waals surface area (Å²) in [6.07, 6.45) is 1.86. The highest BCUT2D eigenvalue weighted by Crippen LogP contribution is 2.25. The fourth-order valence-electron chi connectivity index (χ4n) is 3.81. The molecular formula is C23H29ClN2O3S. The van der Waals surface area contributed by atoms with Crippen molar-refractivity contribution < 1.29 is 13.2 Å². The average Bonchev–Trinajstić information content (AvgIpc) is 2.74. The fourth-order valence-corrected chi connectivity index (χ4v) is 5.69. The van der Waals surface area contributed by atoms with Crippen molar-refractivity contribution in [1.82, 2.24) is 9.62 Å². The quantitative estimate of drug-likeness (QED) is 0.680. The number of halogens is 1. The molecule has 1 heterocycles. The number of amides is 1. The summed E-state index contributed by atoms with van der Waals surface area (Å²) >= 11 is 6.12. The second-order valence-electron chi connectivity index (χ2n) is 7.90. The minimum Gasteiger partial charge on any atom is -0.349 e. The van der Waals surface area contributed by atoms with Crippen molar-refractivity contribution in [1.29, 1.82) is 0 Å². The molecule has 1 atom stereocenters. The van der Waals surface area contributed by atoms with E-state index >= 15 is 0 Å². The summed E-state index contributed by atoms with van der Waals surface area (Å²) in [7, 11) is -3.47. The highest BCUT2D eigenvalue weighted by Gasteiger charge is 2.32. The lowest BCUT2D eigenvalue weighted by Gasteiger charge is -2.31. The van der Waals surface area contributed by atoms with E-state index in [0.717, 1.165) is 12.0 Å². The number of carbonyl (C=O) groups is 1. The Labute approximate surface area is 184 Å². The van der Waals surface area contributed by atoms with Gasteiger partial charge >= 0.3 is 0 Å². The molecule has 0 aliphatic carbocycles. The fraction of sp³-hybridized carbons (Fsp3) is 0.435. The van der Waals surface area contributed by atoms with Gasteiger partial charge in [0, 0.05) is 24.0 Å². The van der Waals surface area contributed by atoms with Crippen LogP contribution in [-0.4, -0.2) is 31.7 Å². The summed E-state index contributed by atoms with van der Waals surface area (Å²) in [6.45, 7) is 4.80. The normalized spacial score (nSPS) is 16.9. The highest BCUT2D eigenvalue weighted by atomic mass is 35.5. The predicted molar refractivity (Wildman–Crippen MR) is 121 cm³/mol. The largest absolute Gasteiger partial charge is 0.349 e. The number of benzene rings is 2. The monoisotopic (exact) mass is 448 g/mol. The molecule has 1 N–H and O–H groups in total. The number of rotatable bonds is 7. The molecule has 0 radical (unpaired) electrons. The maximum Gasteiger partial charge on any atom is 0.223 e. The van der Waals surface area contributed by atoms with E-state index in [2.05, 4.69) is 12.2 Å². The lowest BCUT2D eigenvalue weighted by molar-refractivity contribution is -0.126. The molecule has 1 saturated heterocycles. The van der Waals surface area contributed by atoms with E-state index in [0.29, 0.717) is 36.5 Å². The van der Waals surface area contributed by atoms with Crippen LogP contribution in [0.5, 0.6) is 0 Å². The second-order valence-corrected chi connectivity index (χ2v) is 10.3. The van der Waals surface area contributed by atoms with Gasteiger partial charge in [-0.05, 0) is 43.4 Å². The van der Waals surface area contributed by atoms with Crippen molar-refractivity contribution in [2.45, 2.75) is 44.9 Å². The topological polar surface area (TPSA) is 66.5 Å². The van der Waals surface area contributed by atoms with Gasteiger partial charge in [0.05, 0.1) is 11.8 Å². The van der Waals surface area contributed by atoms with Gasteiger partial charge in [-0.3, -0.25) is 4.79 Å². The first kappa shape index (κ1) is 22.8. The van der Waals surface area contributed by atoms with E-state index in [9.17, 15) is 13.2 Å². The summed E-state index contributed by atoms with van der Waals surface area (Å²) in [5.41, 5.74) is 2.88. The Bertz CT molecular complexity index is 968. The van der Waals surface area contributed by atoms with Gasteiger partial charge in [-0.15, -0.1) is 0 Å². The summed E-state index contributed by atoms with van der Waals surface area (Å²) < 4.78 is 27.1. The van der Waals surface area contributed by atoms with Crippen LogP contribution in [0.2, 0.25) is 5.02 Å². The first-order valence-corrected chi connectivity index (χ1v) is 12.4. The summed E-state index contributed by atoms with van der Waals surface area (Å²) in [5, 5.41) is 3.60. The third-order valence-corrected chi connectivity index (χ3v) is 7.91. The van der Waals surface area contributed by atoms with Gasteiger partial charge in [0.25, 0.3) is 0 Å². The Balaban J connectivity index is 1.57. The van der Waals surface area contributed by atoms with Crippen LogP contribution >= 0.6 is 11.6 Å². The van der Waals surface area contributed by atoms with Gasteiger partial charge in [0.1, 0.15) is 0 Å². The molecule has 1 fully saturated rings. The standard InChI is InChI=1S/C23H29ClN2O3S/c1-3-22(18-10-8-17(2)9-11-18)25-23(27)19-12-14-26(15-13-19)30(28,29)16-20-6-4-5-7-21(20)24/h4-11,19,22H,3,12-16H2,1-2H3,(H,25,27). The highest BCUT2D eigenvalue weighted by molar-refractivity contribution is 7.88. The maximum atomic E-state index is 12.8. The van der Waals surface area contributed by atoms with Crippen molar-refractivity contribution >= 4 is 27.5 Å². The van der Waals surface area contributed by atoms with Gasteiger partial charge < -0.3 is 5.32 Å². The lowest BCUT2D eigenvalue weighted by Crippen LogP contribution is -2.44. The molecule has 2 aromatic carbocycles. The van der Waals surface area contributed by atoms with E-state index in [1.807, 2.05) is 31.2 Å². The molecule has 30 heavy (non-hydrogen) atoms. The Kier molecular flexibility index (Phi) is 7.55. The summed E-state index contributed by atoms with van der Waals surface area (Å²) in [5.74, 6) is -0.281. The van der Waals surface area contributed by atoms with Crippen LogP contribution < -0.4 is 5.32 Å². The molecule has 1 aliphatic rings. The number of hydrogen-bond acceptors (Lipinski definition) is 3. The molecule has 0 bridgehead atoms. The van der Waals surface area contributed by atoms with E-state index in [4.69, 9.17) is 11.6 Å². The molecule has 1 unspecified atom stereocenters. The Morgan fingerprint density at radius 3 is 2.37 bits per heavy atom. The molecular weight excluding hydrogens is 420 g/mol. The van der Waals surface area contributed by atoms with Gasteiger partial charge in [-0.25, -0.2) is 12.7 Å². The third kappa shape index (κ3) is 5.62. The molecule has 0 saturated carbocycles.